The third-order valence-electron chi connectivity index (χ3n) is 4.88. The van der Waals surface area contributed by atoms with Crippen LogP contribution in [-0.4, -0.2) is 64.3 Å². The molecule has 34 heavy (non-hydrogen) atoms. The first-order chi connectivity index (χ1) is 16.5. The molecule has 4 rings (SSSR count). The molecule has 0 aliphatic carbocycles. The van der Waals surface area contributed by atoms with E-state index in [9.17, 15) is 4.79 Å². The summed E-state index contributed by atoms with van der Waals surface area (Å²) >= 11 is 0. The maximum atomic E-state index is 12.1. The zero-order valence-electron chi connectivity index (χ0n) is 19.2. The first kappa shape index (κ1) is 22.5. The van der Waals surface area contributed by atoms with Crippen LogP contribution in [0.4, 0.5) is 23.4 Å². The summed E-state index contributed by atoms with van der Waals surface area (Å²) in [6.07, 6.45) is 1.40. The van der Waals surface area contributed by atoms with Crippen LogP contribution in [0.1, 0.15) is 10.4 Å². The first-order valence-corrected chi connectivity index (χ1v) is 10.3. The van der Waals surface area contributed by atoms with Gasteiger partial charge in [0.05, 0.1) is 19.9 Å². The quantitative estimate of drug-likeness (QED) is 0.362. The summed E-state index contributed by atoms with van der Waals surface area (Å²) in [6.45, 7) is 0. The highest BCUT2D eigenvalue weighted by molar-refractivity contribution is 5.94. The molecule has 1 amide bonds. The third-order valence-corrected chi connectivity index (χ3v) is 4.88. The molecule has 0 saturated carbocycles. The van der Waals surface area contributed by atoms with Crippen molar-refractivity contribution < 1.29 is 14.3 Å². The molecule has 0 atom stereocenters. The van der Waals surface area contributed by atoms with E-state index in [0.29, 0.717) is 34.8 Å². The van der Waals surface area contributed by atoms with Crippen molar-refractivity contribution in [2.75, 3.05) is 38.9 Å². The monoisotopic (exact) mass is 460 g/mol. The number of methoxy groups -OCH3 is 2. The number of ether oxygens (including phenoxy) is 2. The molecule has 0 aliphatic heterocycles. The second-order valence-electron chi connectivity index (χ2n) is 7.40. The van der Waals surface area contributed by atoms with Crippen LogP contribution in [0.5, 0.6) is 11.5 Å². The van der Waals surface area contributed by atoms with E-state index in [1.165, 1.54) is 11.2 Å². The number of carbonyl (C=O) groups is 1. The molecule has 0 fully saturated rings. The predicted octanol–water partition coefficient (Wildman–Crippen LogP) is 3.47. The van der Waals surface area contributed by atoms with Crippen molar-refractivity contribution >= 4 is 29.3 Å². The summed E-state index contributed by atoms with van der Waals surface area (Å²) in [5.74, 6) is 2.37. The number of hydrogen-bond acceptors (Lipinski definition) is 9. The van der Waals surface area contributed by atoms with Crippen molar-refractivity contribution in [2.45, 2.75) is 0 Å². The number of nitrogens with one attached hydrogen (secondary N) is 3. The SMILES string of the molecule is COc1ccc(Nc2ncnc(Nc3cc(-c4ccc(C(=O)N(C)C)cc4)[nH]n3)n2)cc1OC. The van der Waals surface area contributed by atoms with Gasteiger partial charge in [-0.1, -0.05) is 12.1 Å². The Hall–Kier alpha value is -4.67. The fourth-order valence-corrected chi connectivity index (χ4v) is 3.16. The third kappa shape index (κ3) is 5.04. The van der Waals surface area contributed by atoms with E-state index in [1.54, 1.807) is 52.6 Å². The van der Waals surface area contributed by atoms with Crippen LogP contribution in [-0.2, 0) is 0 Å². The predicted molar refractivity (Wildman–Crippen MR) is 128 cm³/mol. The lowest BCUT2D eigenvalue weighted by Crippen LogP contribution is -2.21. The van der Waals surface area contributed by atoms with Gasteiger partial charge in [-0.15, -0.1) is 0 Å². The van der Waals surface area contributed by atoms with Crippen molar-refractivity contribution in [3.05, 3.63) is 60.4 Å². The van der Waals surface area contributed by atoms with E-state index < -0.39 is 0 Å². The number of H-pyrrole nitrogens is 1. The Morgan fingerprint density at radius 1 is 0.912 bits per heavy atom. The molecule has 4 aromatic rings. The summed E-state index contributed by atoms with van der Waals surface area (Å²) in [6, 6.07) is 14.5. The van der Waals surface area contributed by atoms with Crippen molar-refractivity contribution in [1.82, 2.24) is 30.0 Å². The van der Waals surface area contributed by atoms with Gasteiger partial charge >= 0.3 is 0 Å². The highest BCUT2D eigenvalue weighted by Gasteiger charge is 2.11. The zero-order chi connectivity index (χ0) is 24.1. The molecule has 2 aromatic heterocycles. The minimum absolute atomic E-state index is 0.0501. The van der Waals surface area contributed by atoms with Gasteiger partial charge in [-0.3, -0.25) is 9.89 Å². The standard InChI is InChI=1S/C23H24N8O3/c1-31(2)21(32)15-7-5-14(6-8-15)17-12-20(30-29-17)27-23-25-13-24-22(28-23)26-16-9-10-18(33-3)19(11-16)34-4/h5-13H,1-4H3,(H3,24,25,26,27,28,29,30). The number of nitrogens with zero attached hydrogens (tertiary/aromatic N) is 5. The van der Waals surface area contributed by atoms with Gasteiger partial charge in [0.2, 0.25) is 11.9 Å². The van der Waals surface area contributed by atoms with E-state index in [0.717, 1.165) is 16.9 Å². The Morgan fingerprint density at radius 3 is 2.29 bits per heavy atom. The molecule has 0 saturated heterocycles. The molecule has 2 heterocycles. The second-order valence-corrected chi connectivity index (χ2v) is 7.40. The maximum Gasteiger partial charge on any atom is 0.253 e. The minimum Gasteiger partial charge on any atom is -0.493 e. The van der Waals surface area contributed by atoms with Crippen molar-refractivity contribution in [3.8, 4) is 22.8 Å². The Morgan fingerprint density at radius 2 is 1.62 bits per heavy atom. The molecule has 0 bridgehead atoms. The van der Waals surface area contributed by atoms with Gasteiger partial charge in [-0.05, 0) is 29.8 Å². The van der Waals surface area contributed by atoms with Gasteiger partial charge < -0.3 is 25.0 Å². The zero-order valence-corrected chi connectivity index (χ0v) is 19.2. The molecule has 11 nitrogen and oxygen atoms in total. The number of anilines is 4. The van der Waals surface area contributed by atoms with Crippen molar-refractivity contribution in [2.24, 2.45) is 0 Å². The lowest BCUT2D eigenvalue weighted by Gasteiger charge is -2.10. The van der Waals surface area contributed by atoms with Gasteiger partial charge in [0.1, 0.15) is 6.33 Å². The Labute approximate surface area is 196 Å². The molecule has 0 radical (unpaired) electrons. The fraction of sp³-hybridized carbons (Fsp3) is 0.174. The van der Waals surface area contributed by atoms with Crippen LogP contribution in [0.25, 0.3) is 11.3 Å². The molecule has 0 spiro atoms. The van der Waals surface area contributed by atoms with Crippen molar-refractivity contribution in [3.63, 3.8) is 0 Å². The van der Waals surface area contributed by atoms with Gasteiger partial charge in [0.15, 0.2) is 17.3 Å². The van der Waals surface area contributed by atoms with E-state index in [2.05, 4.69) is 35.8 Å². The van der Waals surface area contributed by atoms with Gasteiger partial charge in [0, 0.05) is 37.5 Å². The lowest BCUT2D eigenvalue weighted by atomic mass is 10.1. The summed E-state index contributed by atoms with van der Waals surface area (Å²) < 4.78 is 10.6. The Balaban J connectivity index is 1.45. The molecule has 2 aromatic carbocycles. The highest BCUT2D eigenvalue weighted by Crippen LogP contribution is 2.30. The van der Waals surface area contributed by atoms with Crippen LogP contribution < -0.4 is 20.1 Å². The summed E-state index contributed by atoms with van der Waals surface area (Å²) in [4.78, 5) is 26.3. The highest BCUT2D eigenvalue weighted by atomic mass is 16.5. The van der Waals surface area contributed by atoms with Crippen LogP contribution in [0.15, 0.2) is 54.9 Å². The van der Waals surface area contributed by atoms with Gasteiger partial charge in [-0.25, -0.2) is 9.97 Å². The van der Waals surface area contributed by atoms with E-state index in [1.807, 2.05) is 24.3 Å². The number of aromatic nitrogens is 5. The average molecular weight is 460 g/mol. The normalized spacial score (nSPS) is 10.5. The number of hydrogen-bond donors (Lipinski definition) is 3. The molecule has 3 N–H and O–H groups in total. The van der Waals surface area contributed by atoms with Crippen LogP contribution in [0.2, 0.25) is 0 Å². The number of amides is 1. The van der Waals surface area contributed by atoms with Crippen LogP contribution in [0.3, 0.4) is 0 Å². The molecular formula is C23H24N8O3. The molecule has 174 valence electrons. The fourth-order valence-electron chi connectivity index (χ4n) is 3.16. The maximum absolute atomic E-state index is 12.1. The average Bonchev–Trinajstić information content (AvgIpc) is 3.32. The topological polar surface area (TPSA) is 130 Å². The molecule has 0 aliphatic rings. The number of benzene rings is 2. The van der Waals surface area contributed by atoms with E-state index in [-0.39, 0.29) is 5.91 Å². The molecule has 11 heteroatoms. The Kier molecular flexibility index (Phi) is 6.53. The largest absolute Gasteiger partial charge is 0.493 e. The van der Waals surface area contributed by atoms with E-state index >= 15 is 0 Å². The summed E-state index contributed by atoms with van der Waals surface area (Å²) in [7, 11) is 6.59. The lowest BCUT2D eigenvalue weighted by molar-refractivity contribution is 0.0827. The van der Waals surface area contributed by atoms with Crippen molar-refractivity contribution in [1.29, 1.82) is 0 Å². The molecule has 0 unspecified atom stereocenters. The summed E-state index contributed by atoms with van der Waals surface area (Å²) in [5.41, 5.74) is 3.02. The van der Waals surface area contributed by atoms with Crippen LogP contribution >= 0.6 is 0 Å². The smallest absolute Gasteiger partial charge is 0.253 e. The molecular weight excluding hydrogens is 436 g/mol. The van der Waals surface area contributed by atoms with Gasteiger partial charge in [0.25, 0.3) is 5.91 Å². The van der Waals surface area contributed by atoms with Crippen LogP contribution in [0, 0.1) is 0 Å². The van der Waals surface area contributed by atoms with Gasteiger partial charge in [-0.2, -0.15) is 10.1 Å². The second kappa shape index (κ2) is 9.86. The Bertz CT molecular complexity index is 1290. The number of carbonyl (C=O) groups excluding carboxylic acids is 1. The first-order valence-electron chi connectivity index (χ1n) is 10.3. The minimum atomic E-state index is -0.0501. The summed E-state index contributed by atoms with van der Waals surface area (Å²) in [5, 5.41) is 13.4. The number of aromatic amines is 1. The number of rotatable bonds is 8. The van der Waals surface area contributed by atoms with E-state index in [4.69, 9.17) is 9.47 Å².